The Morgan fingerprint density at radius 1 is 0.618 bits per heavy atom. The molecule has 0 aliphatic carbocycles. The molecule has 8 nitrogen and oxygen atoms in total. The quantitative estimate of drug-likeness (QED) is 0.0275. The Morgan fingerprint density at radius 2 is 1.00 bits per heavy atom. The lowest BCUT2D eigenvalue weighted by Crippen LogP contribution is -2.46. The summed E-state index contributed by atoms with van der Waals surface area (Å²) < 4.78 is 23.3. The first-order chi connectivity index (χ1) is 26.5. The molecule has 328 valence electrons. The number of quaternary nitrogens is 1. The van der Waals surface area contributed by atoms with Crippen molar-refractivity contribution in [1.82, 2.24) is 5.32 Å². The van der Waals surface area contributed by atoms with E-state index in [2.05, 4.69) is 31.3 Å². The van der Waals surface area contributed by atoms with Gasteiger partial charge in [0.25, 0.3) is 7.82 Å². The van der Waals surface area contributed by atoms with E-state index >= 15 is 0 Å². The van der Waals surface area contributed by atoms with Gasteiger partial charge in [0.1, 0.15) is 13.2 Å². The molecule has 55 heavy (non-hydrogen) atoms. The van der Waals surface area contributed by atoms with Crippen molar-refractivity contribution in [3.63, 3.8) is 0 Å². The van der Waals surface area contributed by atoms with E-state index in [0.29, 0.717) is 23.9 Å². The number of aliphatic hydroxyl groups is 1. The lowest BCUT2D eigenvalue weighted by molar-refractivity contribution is -0.870. The molecular formula is C46H93N2O6P. The predicted molar refractivity (Wildman–Crippen MR) is 233 cm³/mol. The Morgan fingerprint density at radius 3 is 1.42 bits per heavy atom. The zero-order chi connectivity index (χ0) is 40.7. The number of aliphatic hydroxyl groups excluding tert-OH is 1. The second-order valence-corrected chi connectivity index (χ2v) is 18.9. The molecule has 2 N–H and O–H groups in total. The third kappa shape index (κ3) is 41.2. The summed E-state index contributed by atoms with van der Waals surface area (Å²) in [7, 11) is 1.31. The van der Waals surface area contributed by atoms with E-state index in [1.165, 1.54) is 148 Å². The maximum absolute atomic E-state index is 12.9. The summed E-state index contributed by atoms with van der Waals surface area (Å²) in [6, 6.07) is -0.800. The van der Waals surface area contributed by atoms with E-state index in [1.54, 1.807) is 0 Å². The molecule has 1 amide bonds. The average molecular weight is 801 g/mol. The number of unbranched alkanes of at least 4 members (excludes halogenated alkanes) is 28. The molecule has 0 saturated carbocycles. The van der Waals surface area contributed by atoms with Crippen LogP contribution in [0, 0.1) is 0 Å². The van der Waals surface area contributed by atoms with Gasteiger partial charge in [0.05, 0.1) is 39.9 Å². The number of amides is 1. The molecule has 3 unspecified atom stereocenters. The Bertz CT molecular complexity index is 911. The van der Waals surface area contributed by atoms with E-state index in [0.717, 1.165) is 51.4 Å². The van der Waals surface area contributed by atoms with Gasteiger partial charge in [-0.2, -0.15) is 0 Å². The predicted octanol–water partition coefficient (Wildman–Crippen LogP) is 12.5. The Hall–Kier alpha value is -0.760. The molecule has 0 fully saturated rings. The van der Waals surface area contributed by atoms with E-state index in [1.807, 2.05) is 21.1 Å². The van der Waals surface area contributed by atoms with Crippen LogP contribution < -0.4 is 10.2 Å². The second-order valence-electron chi connectivity index (χ2n) is 17.5. The zero-order valence-electron chi connectivity index (χ0n) is 37.1. The molecule has 0 spiro atoms. The van der Waals surface area contributed by atoms with Gasteiger partial charge in [-0.25, -0.2) is 0 Å². The smallest absolute Gasteiger partial charge is 0.268 e. The maximum atomic E-state index is 12.9. The van der Waals surface area contributed by atoms with E-state index in [9.17, 15) is 19.4 Å². The Kier molecular flexibility index (Phi) is 38.2. The summed E-state index contributed by atoms with van der Waals surface area (Å²) in [5.74, 6) is -0.172. The third-order valence-electron chi connectivity index (χ3n) is 10.8. The van der Waals surface area contributed by atoms with Crippen LogP contribution in [0.3, 0.4) is 0 Å². The minimum absolute atomic E-state index is 0.0125. The van der Waals surface area contributed by atoms with Crippen LogP contribution >= 0.6 is 7.82 Å². The first-order valence-electron chi connectivity index (χ1n) is 23.5. The number of nitrogens with one attached hydrogen (secondary N) is 1. The van der Waals surface area contributed by atoms with E-state index in [4.69, 9.17) is 9.05 Å². The molecule has 0 aliphatic rings. The van der Waals surface area contributed by atoms with E-state index in [-0.39, 0.29) is 19.1 Å². The normalized spacial score (nSPS) is 14.4. The lowest BCUT2D eigenvalue weighted by atomic mass is 10.0. The number of allylic oxidation sites excluding steroid dienone is 2. The van der Waals surface area contributed by atoms with Crippen molar-refractivity contribution in [2.75, 3.05) is 40.9 Å². The van der Waals surface area contributed by atoms with Crippen LogP contribution in [0.2, 0.25) is 0 Å². The summed E-state index contributed by atoms with van der Waals surface area (Å²) in [5, 5.41) is 13.9. The third-order valence-corrected chi connectivity index (χ3v) is 11.7. The molecule has 0 aromatic carbocycles. The topological polar surface area (TPSA) is 108 Å². The number of hydrogen-bond acceptors (Lipinski definition) is 6. The van der Waals surface area contributed by atoms with Crippen LogP contribution in [0.5, 0.6) is 0 Å². The van der Waals surface area contributed by atoms with Gasteiger partial charge in [0.15, 0.2) is 0 Å². The molecule has 3 atom stereocenters. The lowest BCUT2D eigenvalue weighted by Gasteiger charge is -2.30. The van der Waals surface area contributed by atoms with Gasteiger partial charge in [0.2, 0.25) is 5.91 Å². The number of rotatable bonds is 43. The van der Waals surface area contributed by atoms with Crippen molar-refractivity contribution in [3.8, 4) is 0 Å². The summed E-state index contributed by atoms with van der Waals surface area (Å²) in [6.07, 6.45) is 43.5. The second kappa shape index (κ2) is 38.7. The van der Waals surface area contributed by atoms with Crippen molar-refractivity contribution in [3.05, 3.63) is 12.2 Å². The summed E-state index contributed by atoms with van der Waals surface area (Å²) >= 11 is 0. The highest BCUT2D eigenvalue weighted by Gasteiger charge is 2.24. The largest absolute Gasteiger partial charge is 0.756 e. The van der Waals surface area contributed by atoms with Crippen LogP contribution in [-0.4, -0.2) is 68.5 Å². The molecule has 0 radical (unpaired) electrons. The minimum Gasteiger partial charge on any atom is -0.756 e. The fraction of sp³-hybridized carbons (Fsp3) is 0.935. The standard InChI is InChI=1S/C46H93N2O6P/c1-6-8-10-12-14-16-18-20-22-23-24-25-26-27-29-31-33-35-37-39-45(49)44(43-54-55(51,52)53-42-41-48(3,4)5)47-46(50)40-38-36-34-32-30-28-21-19-17-15-13-11-9-7-2/h19,21,44-45,49H,6-18,20,22-43H2,1-5H3,(H-,47,50,51,52)/b21-19-. The van der Waals surface area contributed by atoms with Crippen molar-refractivity contribution in [2.45, 2.75) is 238 Å². The summed E-state index contributed by atoms with van der Waals surface area (Å²) in [6.45, 7) is 4.72. The van der Waals surface area contributed by atoms with Gasteiger partial charge in [0, 0.05) is 6.42 Å². The number of likely N-dealkylation sites (N-methyl/N-ethyl adjacent to an activating group) is 1. The van der Waals surface area contributed by atoms with Gasteiger partial charge in [-0.15, -0.1) is 0 Å². The van der Waals surface area contributed by atoms with Gasteiger partial charge in [-0.05, 0) is 38.5 Å². The molecule has 9 heteroatoms. The van der Waals surface area contributed by atoms with Crippen LogP contribution in [0.1, 0.15) is 226 Å². The Labute approximate surface area is 342 Å². The number of hydrogen-bond donors (Lipinski definition) is 2. The maximum Gasteiger partial charge on any atom is 0.268 e. The first-order valence-corrected chi connectivity index (χ1v) is 25.0. The van der Waals surface area contributed by atoms with Crippen LogP contribution in [0.25, 0.3) is 0 Å². The molecular weight excluding hydrogens is 707 g/mol. The Balaban J connectivity index is 4.31. The minimum atomic E-state index is -4.56. The zero-order valence-corrected chi connectivity index (χ0v) is 38.0. The van der Waals surface area contributed by atoms with E-state index < -0.39 is 20.0 Å². The van der Waals surface area contributed by atoms with Gasteiger partial charge in [-0.3, -0.25) is 9.36 Å². The molecule has 0 aromatic heterocycles. The molecule has 0 rings (SSSR count). The highest BCUT2D eigenvalue weighted by Crippen LogP contribution is 2.38. The number of carbonyl (C=O) groups excluding carboxylic acids is 1. The molecule has 0 saturated heterocycles. The molecule has 0 heterocycles. The molecule has 0 aliphatic heterocycles. The highest BCUT2D eigenvalue weighted by molar-refractivity contribution is 7.45. The number of nitrogens with zero attached hydrogens (tertiary/aromatic N) is 1. The van der Waals surface area contributed by atoms with Gasteiger partial charge >= 0.3 is 0 Å². The SMILES string of the molecule is CCCCCCC/C=C\CCCCCCCC(=O)NC(COP(=O)([O-])OCC[N+](C)(C)C)C(O)CCCCCCCCCCCCCCCCCCCCC. The summed E-state index contributed by atoms with van der Waals surface area (Å²) in [4.78, 5) is 25.3. The first kappa shape index (κ1) is 54.2. The number of carbonyl (C=O) groups is 1. The average Bonchev–Trinajstić information content (AvgIpc) is 3.13. The molecule has 0 aromatic rings. The van der Waals surface area contributed by atoms with Crippen LogP contribution in [0.15, 0.2) is 12.2 Å². The fourth-order valence-electron chi connectivity index (χ4n) is 6.98. The summed E-state index contributed by atoms with van der Waals surface area (Å²) in [5.41, 5.74) is 0. The van der Waals surface area contributed by atoms with Crippen LogP contribution in [-0.2, 0) is 18.4 Å². The van der Waals surface area contributed by atoms with Crippen molar-refractivity contribution in [2.24, 2.45) is 0 Å². The number of phosphoric ester groups is 1. The number of phosphoric acid groups is 1. The van der Waals surface area contributed by atoms with Gasteiger partial charge < -0.3 is 28.8 Å². The van der Waals surface area contributed by atoms with Crippen molar-refractivity contribution < 1.29 is 32.9 Å². The van der Waals surface area contributed by atoms with Gasteiger partial charge in [-0.1, -0.05) is 193 Å². The van der Waals surface area contributed by atoms with Crippen molar-refractivity contribution >= 4 is 13.7 Å². The monoisotopic (exact) mass is 801 g/mol. The molecule has 0 bridgehead atoms. The van der Waals surface area contributed by atoms with Crippen LogP contribution in [0.4, 0.5) is 0 Å². The highest BCUT2D eigenvalue weighted by atomic mass is 31.2. The fourth-order valence-corrected chi connectivity index (χ4v) is 7.70. The van der Waals surface area contributed by atoms with Crippen molar-refractivity contribution in [1.29, 1.82) is 0 Å².